The van der Waals surface area contributed by atoms with E-state index in [0.29, 0.717) is 19.3 Å². The number of ether oxygens (including phenoxy) is 3. The summed E-state index contributed by atoms with van der Waals surface area (Å²) in [6.07, 6.45) is 124. The van der Waals surface area contributed by atoms with Crippen LogP contribution in [0.5, 0.6) is 0 Å². The van der Waals surface area contributed by atoms with Crippen LogP contribution in [0, 0.1) is 0 Å². The normalized spacial score (nSPS) is 14.5. The summed E-state index contributed by atoms with van der Waals surface area (Å²) in [5, 5.41) is 20.8. The lowest BCUT2D eigenvalue weighted by Crippen LogP contribution is -2.30. The van der Waals surface area contributed by atoms with Gasteiger partial charge in [0, 0.05) is 19.3 Å². The monoisotopic (exact) mass is 1730 g/mol. The average Bonchev–Trinajstić information content (AvgIpc) is 0.894. The molecule has 5 unspecified atom stereocenters. The second kappa shape index (κ2) is 93.8. The lowest BCUT2D eigenvalue weighted by Gasteiger charge is -2.21. The number of hydrogen-bond donors (Lipinski definition) is 4. The smallest absolute Gasteiger partial charge is 0.463 e. The maximum absolute atomic E-state index is 13.1. The minimum absolute atomic E-state index is 0.0936. The summed E-state index contributed by atoms with van der Waals surface area (Å²) in [5.41, 5.74) is 0. The van der Waals surface area contributed by atoms with Crippen molar-refractivity contribution in [3.05, 3.63) is 182 Å². The van der Waals surface area contributed by atoms with Crippen LogP contribution in [0.25, 0.3) is 0 Å². The van der Waals surface area contributed by atoms with Crippen LogP contribution in [0.4, 0.5) is 0 Å². The van der Waals surface area contributed by atoms with E-state index in [1.807, 2.05) is 0 Å². The van der Waals surface area contributed by atoms with Gasteiger partial charge in [0.25, 0.3) is 0 Å². The summed E-state index contributed by atoms with van der Waals surface area (Å²) in [4.78, 5) is 59.1. The topological polar surface area (TPSA) is 231 Å². The third-order valence-electron chi connectivity index (χ3n) is 20.1. The number of carbonyl (C=O) groups is 3. The van der Waals surface area contributed by atoms with Crippen molar-refractivity contribution in [2.75, 3.05) is 39.6 Å². The van der Waals surface area contributed by atoms with Gasteiger partial charge in [-0.05, 0) is 161 Å². The summed E-state index contributed by atoms with van der Waals surface area (Å²) in [6, 6.07) is 0. The Balaban J connectivity index is 4.65. The Morgan fingerprint density at radius 3 is 0.694 bits per heavy atom. The molecule has 0 amide bonds. The standard InChI is InChI=1S/C103H174O16P2/c1-4-7-10-13-16-19-22-25-28-31-34-37-40-43-46-47-48-49-52-54-56-59-62-65-68-71-74-77-80-83-86-89-101(106)113-92-98(104)93-115-120(109,110)116-94-99(105)95-117-121(111,112)118-97-100(119-103(108)91-88-85-82-79-76-73-70-67-64-61-58-55-51-45-42-39-36-33-30-27-24-21-18-15-12-9-6-3)96-114-102(107)90-87-84-81-78-75-72-69-66-63-60-57-53-50-44-41-38-35-32-29-26-23-20-17-14-11-8-5-2/h7-8,10-11,16-21,25-30,34-39,43-46,50-51,57,60,98-100,104-105H,4-6,9,12-15,22-24,31-33,40-42,47-49,52-56,58-59,61-97H2,1-3H3,(H,109,110)(H,111,112)/b10-7-,11-8-,19-16-,20-17-,21-18-,28-25-,29-26-,30-27-,37-34-,38-35-,39-36-,46-43-,50-44-,51-45-,60-57-. The molecule has 4 N–H and O–H groups in total. The fraction of sp³-hybridized carbons (Fsp3) is 0.680. The highest BCUT2D eigenvalue weighted by Gasteiger charge is 2.30. The number of carbonyl (C=O) groups excluding carboxylic acids is 3. The Kier molecular flexibility index (Phi) is 89.6. The summed E-state index contributed by atoms with van der Waals surface area (Å²) in [6.45, 7) is 2.46. The molecule has 18 heteroatoms. The van der Waals surface area contributed by atoms with Crippen LogP contribution < -0.4 is 0 Å². The Morgan fingerprint density at radius 1 is 0.240 bits per heavy atom. The number of allylic oxidation sites excluding steroid dienone is 30. The van der Waals surface area contributed by atoms with Crippen LogP contribution in [0.15, 0.2) is 182 Å². The van der Waals surface area contributed by atoms with Crippen LogP contribution in [-0.2, 0) is 55.8 Å². The second-order valence-electron chi connectivity index (χ2n) is 31.8. The van der Waals surface area contributed by atoms with Crippen LogP contribution in [0.1, 0.15) is 393 Å². The van der Waals surface area contributed by atoms with E-state index in [4.69, 9.17) is 32.3 Å². The summed E-state index contributed by atoms with van der Waals surface area (Å²) >= 11 is 0. The number of rotatable bonds is 90. The summed E-state index contributed by atoms with van der Waals surface area (Å²) in [7, 11) is -9.82. The molecule has 121 heavy (non-hydrogen) atoms. The SMILES string of the molecule is CC/C=C\C/C=C\C/C=C\C/C=C\C/C=C\C/C=C\CCCCCCCCCCC(=O)OCC(COP(=O)(O)OCC(O)COP(=O)(O)OCC(O)COC(=O)CCCCCCCCCCCCCCCCC/C=C\C/C=C\C/C=C\C/C=C\C/C=C\CC)OC(=O)CCCCCCCCCCCCC/C=C\C/C=C\C/C=C\C/C=C\CCCCC. The van der Waals surface area contributed by atoms with E-state index in [9.17, 15) is 43.5 Å². The largest absolute Gasteiger partial charge is 0.472 e. The van der Waals surface area contributed by atoms with Crippen LogP contribution in [-0.4, -0.2) is 95.9 Å². The highest BCUT2D eigenvalue weighted by molar-refractivity contribution is 7.47. The van der Waals surface area contributed by atoms with E-state index in [2.05, 4.69) is 203 Å². The van der Waals surface area contributed by atoms with Crippen LogP contribution in [0.3, 0.4) is 0 Å². The Morgan fingerprint density at radius 2 is 0.438 bits per heavy atom. The van der Waals surface area contributed by atoms with Gasteiger partial charge in [0.15, 0.2) is 6.10 Å². The minimum atomic E-state index is -4.95. The number of phosphoric acid groups is 2. The zero-order valence-corrected chi connectivity index (χ0v) is 78.2. The van der Waals surface area contributed by atoms with Crippen molar-refractivity contribution in [2.24, 2.45) is 0 Å². The van der Waals surface area contributed by atoms with Gasteiger partial charge in [-0.3, -0.25) is 32.5 Å². The molecule has 0 saturated carbocycles. The van der Waals surface area contributed by atoms with Crippen LogP contribution in [0.2, 0.25) is 0 Å². The molecule has 0 aromatic rings. The molecule has 0 fully saturated rings. The van der Waals surface area contributed by atoms with E-state index in [1.165, 1.54) is 154 Å². The van der Waals surface area contributed by atoms with Crippen molar-refractivity contribution < 1.29 is 75.8 Å². The van der Waals surface area contributed by atoms with E-state index in [1.54, 1.807) is 0 Å². The molecule has 0 heterocycles. The van der Waals surface area contributed by atoms with Crippen molar-refractivity contribution in [1.29, 1.82) is 0 Å². The molecule has 0 rings (SSSR count). The van der Waals surface area contributed by atoms with Gasteiger partial charge in [0.05, 0.1) is 26.4 Å². The zero-order chi connectivity index (χ0) is 87.9. The summed E-state index contributed by atoms with van der Waals surface area (Å²) < 4.78 is 61.6. The number of hydrogen-bond acceptors (Lipinski definition) is 14. The fourth-order valence-corrected chi connectivity index (χ4v) is 14.5. The molecule has 692 valence electrons. The first kappa shape index (κ1) is 116. The minimum Gasteiger partial charge on any atom is -0.463 e. The number of unbranched alkanes of at least 4 members (excludes halogenated alkanes) is 37. The lowest BCUT2D eigenvalue weighted by atomic mass is 10.0. The molecule has 0 aliphatic heterocycles. The zero-order valence-electron chi connectivity index (χ0n) is 76.4. The molecule has 16 nitrogen and oxygen atoms in total. The maximum atomic E-state index is 13.1. The molecule has 0 spiro atoms. The third-order valence-corrected chi connectivity index (χ3v) is 22.0. The van der Waals surface area contributed by atoms with Gasteiger partial charge in [-0.15, -0.1) is 0 Å². The first-order valence-electron chi connectivity index (χ1n) is 48.1. The highest BCUT2D eigenvalue weighted by Crippen LogP contribution is 2.45. The van der Waals surface area contributed by atoms with Gasteiger partial charge in [0.1, 0.15) is 25.4 Å². The molecule has 0 bridgehead atoms. The van der Waals surface area contributed by atoms with E-state index in [0.717, 1.165) is 180 Å². The third kappa shape index (κ3) is 95.2. The Labute approximate surface area is 738 Å². The molecule has 0 aromatic carbocycles. The van der Waals surface area contributed by atoms with Crippen molar-refractivity contribution >= 4 is 33.6 Å². The molecule has 5 atom stereocenters. The Bertz CT molecular complexity index is 2930. The second-order valence-corrected chi connectivity index (χ2v) is 34.7. The van der Waals surface area contributed by atoms with Crippen molar-refractivity contribution in [2.45, 2.75) is 411 Å². The number of aliphatic hydroxyl groups is 2. The maximum Gasteiger partial charge on any atom is 0.472 e. The van der Waals surface area contributed by atoms with Gasteiger partial charge in [-0.25, -0.2) is 9.13 Å². The van der Waals surface area contributed by atoms with Gasteiger partial charge in [-0.1, -0.05) is 396 Å². The number of esters is 3. The van der Waals surface area contributed by atoms with Gasteiger partial charge in [-0.2, -0.15) is 0 Å². The quantitative estimate of drug-likeness (QED) is 0.0146. The fourth-order valence-electron chi connectivity index (χ4n) is 12.9. The van der Waals surface area contributed by atoms with Crippen molar-refractivity contribution in [3.8, 4) is 0 Å². The molecule has 0 aliphatic carbocycles. The van der Waals surface area contributed by atoms with Crippen molar-refractivity contribution in [3.63, 3.8) is 0 Å². The number of aliphatic hydroxyl groups excluding tert-OH is 2. The summed E-state index contributed by atoms with van der Waals surface area (Å²) in [5.74, 6) is -1.58. The molecule has 0 saturated heterocycles. The molecule has 0 aliphatic rings. The highest BCUT2D eigenvalue weighted by atomic mass is 31.2. The predicted molar refractivity (Wildman–Crippen MR) is 509 cm³/mol. The van der Waals surface area contributed by atoms with E-state index in [-0.39, 0.29) is 19.3 Å². The van der Waals surface area contributed by atoms with Crippen molar-refractivity contribution in [1.82, 2.24) is 0 Å². The predicted octanol–water partition coefficient (Wildman–Crippen LogP) is 30.0. The van der Waals surface area contributed by atoms with E-state index >= 15 is 0 Å². The average molecular weight is 1730 g/mol. The number of phosphoric ester groups is 2. The first-order chi connectivity index (χ1) is 59.2. The van der Waals surface area contributed by atoms with Gasteiger partial charge >= 0.3 is 33.6 Å². The van der Waals surface area contributed by atoms with Gasteiger partial charge < -0.3 is 34.2 Å². The lowest BCUT2D eigenvalue weighted by molar-refractivity contribution is -0.161. The van der Waals surface area contributed by atoms with Crippen LogP contribution >= 0.6 is 15.6 Å². The first-order valence-corrected chi connectivity index (χ1v) is 51.1. The molecular weight excluding hydrogens is 1560 g/mol. The van der Waals surface area contributed by atoms with Gasteiger partial charge in [0.2, 0.25) is 0 Å². The molecular formula is C103H174O16P2. The molecule has 0 radical (unpaired) electrons. The molecule has 0 aromatic heterocycles. The Hall–Kier alpha value is -5.35. The van der Waals surface area contributed by atoms with E-state index < -0.39 is 91.5 Å².